The van der Waals surface area contributed by atoms with Crippen molar-refractivity contribution in [3.8, 4) is 11.5 Å². The standard InChI is InChI=1S/C18H25N3O2/c1-17-8-20-10-18(2,11-21(9-17)12-20)16(17)19-7-13-4-5-14(22)15(6-13)23-3/h4-7,16,22H,8-12H2,1-3H3. The van der Waals surface area contributed by atoms with Crippen molar-refractivity contribution in [3.05, 3.63) is 23.8 Å². The zero-order chi connectivity index (χ0) is 16.2. The molecule has 0 radical (unpaired) electrons. The molecule has 4 aliphatic heterocycles. The fourth-order valence-corrected chi connectivity index (χ4v) is 5.22. The van der Waals surface area contributed by atoms with Crippen LogP contribution in [0.2, 0.25) is 0 Å². The summed E-state index contributed by atoms with van der Waals surface area (Å²) in [5, 5.41) is 9.72. The van der Waals surface area contributed by atoms with Crippen molar-refractivity contribution in [2.45, 2.75) is 19.9 Å². The second kappa shape index (κ2) is 4.95. The van der Waals surface area contributed by atoms with Crippen LogP contribution < -0.4 is 4.74 Å². The van der Waals surface area contributed by atoms with Crippen LogP contribution in [0, 0.1) is 10.8 Å². The third kappa shape index (κ3) is 2.34. The zero-order valence-corrected chi connectivity index (χ0v) is 14.1. The molecule has 0 amide bonds. The van der Waals surface area contributed by atoms with E-state index in [0.29, 0.717) is 11.8 Å². The van der Waals surface area contributed by atoms with Gasteiger partial charge in [0.05, 0.1) is 19.8 Å². The highest BCUT2D eigenvalue weighted by Gasteiger charge is 2.59. The normalized spacial score (nSPS) is 41.6. The van der Waals surface area contributed by atoms with Gasteiger partial charge >= 0.3 is 0 Å². The summed E-state index contributed by atoms with van der Waals surface area (Å²) < 4.78 is 5.19. The van der Waals surface area contributed by atoms with Gasteiger partial charge in [-0.25, -0.2) is 0 Å². The van der Waals surface area contributed by atoms with Crippen molar-refractivity contribution in [1.29, 1.82) is 0 Å². The number of nitrogens with zero attached hydrogens (tertiary/aromatic N) is 3. The molecule has 4 heterocycles. The molecule has 0 unspecified atom stereocenters. The van der Waals surface area contributed by atoms with Gasteiger partial charge in [-0.15, -0.1) is 0 Å². The van der Waals surface area contributed by atoms with E-state index in [-0.39, 0.29) is 16.6 Å². The first kappa shape index (κ1) is 15.0. The first-order chi connectivity index (χ1) is 10.9. The van der Waals surface area contributed by atoms with Crippen molar-refractivity contribution in [3.63, 3.8) is 0 Å². The third-order valence-electron chi connectivity index (χ3n) is 5.64. The summed E-state index contributed by atoms with van der Waals surface area (Å²) in [6.45, 7) is 10.4. The Kier molecular flexibility index (Phi) is 3.22. The maximum Gasteiger partial charge on any atom is 0.161 e. The molecule has 0 aromatic heterocycles. The van der Waals surface area contributed by atoms with E-state index in [9.17, 15) is 5.11 Å². The highest BCUT2D eigenvalue weighted by Crippen LogP contribution is 2.50. The molecule has 1 aromatic rings. The first-order valence-corrected chi connectivity index (χ1v) is 8.27. The molecule has 0 saturated carbocycles. The Hall–Kier alpha value is -1.59. The van der Waals surface area contributed by atoms with Gasteiger partial charge in [-0.1, -0.05) is 13.8 Å². The number of methoxy groups -OCH3 is 1. The van der Waals surface area contributed by atoms with Crippen LogP contribution in [0.5, 0.6) is 11.5 Å². The molecule has 4 bridgehead atoms. The summed E-state index contributed by atoms with van der Waals surface area (Å²) in [5.74, 6) is 0.660. The van der Waals surface area contributed by atoms with E-state index < -0.39 is 0 Å². The maximum absolute atomic E-state index is 9.72. The van der Waals surface area contributed by atoms with Gasteiger partial charge < -0.3 is 9.84 Å². The highest BCUT2D eigenvalue weighted by molar-refractivity contribution is 5.81. The fraction of sp³-hybridized carbons (Fsp3) is 0.611. The average molecular weight is 315 g/mol. The minimum absolute atomic E-state index is 0.166. The van der Waals surface area contributed by atoms with E-state index in [0.717, 1.165) is 38.4 Å². The molecule has 124 valence electrons. The first-order valence-electron chi connectivity index (χ1n) is 8.27. The SMILES string of the molecule is COc1cc(C=NC2C3(C)CN4CN(C3)CC2(C)C4)ccc1O. The van der Waals surface area contributed by atoms with E-state index >= 15 is 0 Å². The van der Waals surface area contributed by atoms with Gasteiger partial charge in [0.2, 0.25) is 0 Å². The maximum atomic E-state index is 9.72. The molecular formula is C18H25N3O2. The molecule has 23 heavy (non-hydrogen) atoms. The topological polar surface area (TPSA) is 48.3 Å². The summed E-state index contributed by atoms with van der Waals surface area (Å²) in [4.78, 5) is 10.2. The van der Waals surface area contributed by atoms with Crippen LogP contribution in [0.25, 0.3) is 0 Å². The molecule has 4 saturated heterocycles. The van der Waals surface area contributed by atoms with Gasteiger partial charge in [0.1, 0.15) is 0 Å². The Morgan fingerprint density at radius 2 is 1.78 bits per heavy atom. The van der Waals surface area contributed by atoms with Crippen molar-refractivity contribution < 1.29 is 9.84 Å². The number of rotatable bonds is 3. The summed E-state index contributed by atoms with van der Waals surface area (Å²) >= 11 is 0. The van der Waals surface area contributed by atoms with Gasteiger partial charge in [-0.2, -0.15) is 0 Å². The van der Waals surface area contributed by atoms with Gasteiger partial charge in [0.15, 0.2) is 11.5 Å². The van der Waals surface area contributed by atoms with E-state index in [1.165, 1.54) is 0 Å². The quantitative estimate of drug-likeness (QED) is 0.864. The van der Waals surface area contributed by atoms with Gasteiger partial charge in [-0.3, -0.25) is 14.8 Å². The van der Waals surface area contributed by atoms with E-state index in [2.05, 4.69) is 23.6 Å². The molecule has 1 aromatic carbocycles. The fourth-order valence-electron chi connectivity index (χ4n) is 5.22. The number of aliphatic imine (C=N–C) groups is 1. The van der Waals surface area contributed by atoms with Gasteiger partial charge in [-0.05, 0) is 23.8 Å². The van der Waals surface area contributed by atoms with Crippen molar-refractivity contribution in [2.24, 2.45) is 15.8 Å². The summed E-state index contributed by atoms with van der Waals surface area (Å²) in [6, 6.07) is 5.72. The van der Waals surface area contributed by atoms with Gasteiger partial charge in [0.25, 0.3) is 0 Å². The van der Waals surface area contributed by atoms with Crippen LogP contribution in [0.15, 0.2) is 23.2 Å². The summed E-state index contributed by atoms with van der Waals surface area (Å²) in [5.41, 5.74) is 1.42. The minimum atomic E-state index is 0.166. The smallest absolute Gasteiger partial charge is 0.161 e. The van der Waals surface area contributed by atoms with E-state index in [4.69, 9.17) is 9.73 Å². The number of hydrogen-bond acceptors (Lipinski definition) is 5. The van der Waals surface area contributed by atoms with Crippen LogP contribution in [0.4, 0.5) is 0 Å². The molecule has 0 spiro atoms. The number of aromatic hydroxyl groups is 1. The number of piperidine rings is 2. The van der Waals surface area contributed by atoms with E-state index in [1.807, 2.05) is 18.3 Å². The molecule has 1 N–H and O–H groups in total. The number of phenolic OH excluding ortho intramolecular Hbond substituents is 1. The number of phenols is 1. The molecule has 4 aliphatic rings. The molecule has 5 rings (SSSR count). The number of benzene rings is 1. The Labute approximate surface area is 137 Å². The Bertz CT molecular complexity index is 622. The van der Waals surface area contributed by atoms with Crippen molar-refractivity contribution >= 4 is 6.21 Å². The lowest BCUT2D eigenvalue weighted by atomic mass is 9.60. The van der Waals surface area contributed by atoms with Crippen LogP contribution in [-0.2, 0) is 0 Å². The van der Waals surface area contributed by atoms with E-state index in [1.54, 1.807) is 13.2 Å². The van der Waals surface area contributed by atoms with Gasteiger partial charge in [0, 0.05) is 43.2 Å². The van der Waals surface area contributed by atoms with Crippen molar-refractivity contribution in [2.75, 3.05) is 40.0 Å². The molecule has 4 fully saturated rings. The Morgan fingerprint density at radius 3 is 2.35 bits per heavy atom. The molecular weight excluding hydrogens is 290 g/mol. The molecule has 0 atom stereocenters. The van der Waals surface area contributed by atoms with Crippen LogP contribution in [0.3, 0.4) is 0 Å². The minimum Gasteiger partial charge on any atom is -0.504 e. The monoisotopic (exact) mass is 315 g/mol. The summed E-state index contributed by atoms with van der Waals surface area (Å²) in [6.07, 6.45) is 1.95. The van der Waals surface area contributed by atoms with Crippen molar-refractivity contribution in [1.82, 2.24) is 9.80 Å². The molecule has 5 heteroatoms. The third-order valence-corrected chi connectivity index (χ3v) is 5.64. The Balaban J connectivity index is 1.63. The molecule has 0 aliphatic carbocycles. The van der Waals surface area contributed by atoms with Crippen LogP contribution >= 0.6 is 0 Å². The average Bonchev–Trinajstić information content (AvgIpc) is 2.46. The zero-order valence-electron chi connectivity index (χ0n) is 14.1. The lowest BCUT2D eigenvalue weighted by molar-refractivity contribution is -0.165. The number of hydrogen-bond donors (Lipinski definition) is 1. The predicted octanol–water partition coefficient (Wildman–Crippen LogP) is 1.80. The predicted molar refractivity (Wildman–Crippen MR) is 90.3 cm³/mol. The van der Waals surface area contributed by atoms with Crippen LogP contribution in [-0.4, -0.2) is 67.1 Å². The van der Waals surface area contributed by atoms with Crippen LogP contribution in [0.1, 0.15) is 19.4 Å². The lowest BCUT2D eigenvalue weighted by Crippen LogP contribution is -2.75. The Morgan fingerprint density at radius 1 is 1.17 bits per heavy atom. The lowest BCUT2D eigenvalue weighted by Gasteiger charge is -2.65. The number of ether oxygens (including phenoxy) is 1. The second-order valence-electron chi connectivity index (χ2n) is 8.04. The molecule has 5 nitrogen and oxygen atoms in total. The second-order valence-corrected chi connectivity index (χ2v) is 8.04. The summed E-state index contributed by atoms with van der Waals surface area (Å²) in [7, 11) is 1.57. The largest absolute Gasteiger partial charge is 0.504 e. The highest BCUT2D eigenvalue weighted by atomic mass is 16.5.